The second kappa shape index (κ2) is 9.94. The molecule has 0 aromatic heterocycles. The number of halogens is 1. The molecule has 0 aliphatic heterocycles. The SMILES string of the molecule is CCc1ccccc1NC(=O)C[NH+](C)CC(=O)NCc1ccc(Cl)cc1. The van der Waals surface area contributed by atoms with Gasteiger partial charge in [-0.2, -0.15) is 0 Å². The van der Waals surface area contributed by atoms with Gasteiger partial charge in [0.25, 0.3) is 11.8 Å². The van der Waals surface area contributed by atoms with Gasteiger partial charge >= 0.3 is 0 Å². The number of likely N-dealkylation sites (N-methyl/N-ethyl adjacent to an activating group) is 1. The largest absolute Gasteiger partial charge is 0.347 e. The number of nitrogens with one attached hydrogen (secondary N) is 3. The number of quaternary nitrogens is 1. The molecule has 0 aliphatic carbocycles. The van der Waals surface area contributed by atoms with Crippen molar-refractivity contribution in [2.45, 2.75) is 19.9 Å². The molecule has 0 radical (unpaired) electrons. The molecule has 0 heterocycles. The summed E-state index contributed by atoms with van der Waals surface area (Å²) >= 11 is 5.84. The monoisotopic (exact) mass is 374 g/mol. The van der Waals surface area contributed by atoms with Crippen LogP contribution in [0.2, 0.25) is 5.02 Å². The molecule has 2 amide bonds. The zero-order valence-electron chi connectivity index (χ0n) is 15.1. The zero-order valence-corrected chi connectivity index (χ0v) is 15.9. The van der Waals surface area contributed by atoms with E-state index in [2.05, 4.69) is 10.6 Å². The number of para-hydroxylation sites is 1. The Kier molecular flexibility index (Phi) is 7.63. The summed E-state index contributed by atoms with van der Waals surface area (Å²) in [6.45, 7) is 2.95. The number of hydrogen-bond acceptors (Lipinski definition) is 2. The standard InChI is InChI=1S/C20H24ClN3O2/c1-3-16-6-4-5-7-18(16)23-20(26)14-24(2)13-19(25)22-12-15-8-10-17(21)11-9-15/h4-11H,3,12-14H2,1-2H3,(H,22,25)(H,23,26)/p+1. The van der Waals surface area contributed by atoms with Crippen LogP contribution in [0.25, 0.3) is 0 Å². The maximum Gasteiger partial charge on any atom is 0.279 e. The molecule has 138 valence electrons. The van der Waals surface area contributed by atoms with E-state index in [0.29, 0.717) is 11.6 Å². The van der Waals surface area contributed by atoms with Crippen LogP contribution in [0, 0.1) is 0 Å². The Morgan fingerprint density at radius 2 is 1.65 bits per heavy atom. The highest BCUT2D eigenvalue weighted by Gasteiger charge is 2.15. The van der Waals surface area contributed by atoms with E-state index in [4.69, 9.17) is 11.6 Å². The van der Waals surface area contributed by atoms with Crippen molar-refractivity contribution in [1.82, 2.24) is 5.32 Å². The number of hydrogen-bond donors (Lipinski definition) is 3. The molecule has 0 saturated carbocycles. The average molecular weight is 375 g/mol. The van der Waals surface area contributed by atoms with Crippen molar-refractivity contribution < 1.29 is 14.5 Å². The van der Waals surface area contributed by atoms with E-state index in [1.165, 1.54) is 0 Å². The summed E-state index contributed by atoms with van der Waals surface area (Å²) in [5.74, 6) is -0.201. The van der Waals surface area contributed by atoms with Gasteiger partial charge in [0.15, 0.2) is 13.1 Å². The van der Waals surface area contributed by atoms with Crippen LogP contribution in [0.5, 0.6) is 0 Å². The third-order valence-corrected chi connectivity index (χ3v) is 4.25. The fourth-order valence-electron chi connectivity index (χ4n) is 2.62. The van der Waals surface area contributed by atoms with Crippen LogP contribution in [0.15, 0.2) is 48.5 Å². The third kappa shape index (κ3) is 6.50. The maximum atomic E-state index is 12.2. The van der Waals surface area contributed by atoms with Crippen molar-refractivity contribution in [2.24, 2.45) is 0 Å². The van der Waals surface area contributed by atoms with Crippen molar-refractivity contribution in [2.75, 3.05) is 25.5 Å². The highest BCUT2D eigenvalue weighted by Crippen LogP contribution is 2.14. The quantitative estimate of drug-likeness (QED) is 0.658. The molecule has 26 heavy (non-hydrogen) atoms. The first-order valence-corrected chi connectivity index (χ1v) is 9.06. The predicted octanol–water partition coefficient (Wildman–Crippen LogP) is 1.67. The minimum Gasteiger partial charge on any atom is -0.347 e. The molecule has 3 N–H and O–H groups in total. The smallest absolute Gasteiger partial charge is 0.279 e. The highest BCUT2D eigenvalue weighted by atomic mass is 35.5. The lowest BCUT2D eigenvalue weighted by Crippen LogP contribution is -3.11. The molecular weight excluding hydrogens is 350 g/mol. The molecule has 2 aromatic carbocycles. The Morgan fingerprint density at radius 1 is 1.00 bits per heavy atom. The van der Waals surface area contributed by atoms with Crippen molar-refractivity contribution in [3.63, 3.8) is 0 Å². The van der Waals surface area contributed by atoms with Crippen LogP contribution in [0.1, 0.15) is 18.1 Å². The van der Waals surface area contributed by atoms with E-state index >= 15 is 0 Å². The summed E-state index contributed by atoms with van der Waals surface area (Å²) in [5.41, 5.74) is 2.91. The van der Waals surface area contributed by atoms with Crippen LogP contribution >= 0.6 is 11.6 Å². The van der Waals surface area contributed by atoms with Gasteiger partial charge in [-0.1, -0.05) is 48.9 Å². The number of rotatable bonds is 8. The van der Waals surface area contributed by atoms with E-state index in [9.17, 15) is 9.59 Å². The Balaban J connectivity index is 1.76. The maximum absolute atomic E-state index is 12.2. The molecule has 2 rings (SSSR count). The Bertz CT molecular complexity index is 747. The fourth-order valence-corrected chi connectivity index (χ4v) is 2.75. The van der Waals surface area contributed by atoms with Gasteiger partial charge in [0, 0.05) is 17.3 Å². The average Bonchev–Trinajstić information content (AvgIpc) is 2.61. The Morgan fingerprint density at radius 3 is 2.35 bits per heavy atom. The van der Waals surface area contributed by atoms with E-state index in [1.807, 2.05) is 50.4 Å². The van der Waals surface area contributed by atoms with Gasteiger partial charge < -0.3 is 15.5 Å². The van der Waals surface area contributed by atoms with E-state index in [1.54, 1.807) is 12.1 Å². The molecule has 0 bridgehead atoms. The van der Waals surface area contributed by atoms with Crippen LogP contribution in [0.4, 0.5) is 5.69 Å². The highest BCUT2D eigenvalue weighted by molar-refractivity contribution is 6.30. The van der Waals surface area contributed by atoms with Gasteiger partial charge in [-0.3, -0.25) is 9.59 Å². The minimum atomic E-state index is -0.103. The van der Waals surface area contributed by atoms with Crippen molar-refractivity contribution in [1.29, 1.82) is 0 Å². The molecule has 0 spiro atoms. The van der Waals surface area contributed by atoms with Crippen LogP contribution < -0.4 is 15.5 Å². The summed E-state index contributed by atoms with van der Waals surface area (Å²) in [5, 5.41) is 6.45. The van der Waals surface area contributed by atoms with E-state index in [0.717, 1.165) is 28.1 Å². The second-order valence-corrected chi connectivity index (χ2v) is 6.71. The molecule has 0 saturated heterocycles. The number of carbonyl (C=O) groups excluding carboxylic acids is 2. The predicted molar refractivity (Wildman–Crippen MR) is 104 cm³/mol. The summed E-state index contributed by atoms with van der Waals surface area (Å²) in [6, 6.07) is 15.1. The topological polar surface area (TPSA) is 62.6 Å². The van der Waals surface area contributed by atoms with Gasteiger partial charge in [0.1, 0.15) is 0 Å². The van der Waals surface area contributed by atoms with Crippen LogP contribution in [0.3, 0.4) is 0 Å². The summed E-state index contributed by atoms with van der Waals surface area (Å²) in [6.07, 6.45) is 0.853. The van der Waals surface area contributed by atoms with Crippen molar-refractivity contribution in [3.05, 3.63) is 64.7 Å². The third-order valence-electron chi connectivity index (χ3n) is 4.00. The van der Waals surface area contributed by atoms with Crippen molar-refractivity contribution in [3.8, 4) is 0 Å². The first-order valence-electron chi connectivity index (χ1n) is 8.68. The van der Waals surface area contributed by atoms with Gasteiger partial charge in [-0.05, 0) is 35.7 Å². The molecule has 5 nitrogen and oxygen atoms in total. The Hall–Kier alpha value is -2.37. The van der Waals surface area contributed by atoms with Crippen molar-refractivity contribution >= 4 is 29.1 Å². The van der Waals surface area contributed by atoms with Crippen LogP contribution in [-0.4, -0.2) is 32.0 Å². The summed E-state index contributed by atoms with van der Waals surface area (Å²) < 4.78 is 0. The molecule has 1 atom stereocenters. The van der Waals surface area contributed by atoms with Gasteiger partial charge in [-0.15, -0.1) is 0 Å². The normalized spacial score (nSPS) is 11.7. The molecule has 0 fully saturated rings. The summed E-state index contributed by atoms with van der Waals surface area (Å²) in [4.78, 5) is 25.1. The molecule has 6 heteroatoms. The van der Waals surface area contributed by atoms with Gasteiger partial charge in [-0.25, -0.2) is 0 Å². The van der Waals surface area contributed by atoms with E-state index < -0.39 is 0 Å². The fraction of sp³-hybridized carbons (Fsp3) is 0.300. The lowest BCUT2D eigenvalue weighted by molar-refractivity contribution is -0.862. The number of amides is 2. The van der Waals surface area contributed by atoms with E-state index in [-0.39, 0.29) is 24.9 Å². The Labute approximate surface area is 159 Å². The summed E-state index contributed by atoms with van der Waals surface area (Å²) in [7, 11) is 1.83. The minimum absolute atomic E-state index is 0.0980. The molecule has 0 aliphatic rings. The molecule has 2 aromatic rings. The van der Waals surface area contributed by atoms with Gasteiger partial charge in [0.2, 0.25) is 0 Å². The number of benzene rings is 2. The molecular formula is C20H25ClN3O2+. The lowest BCUT2D eigenvalue weighted by atomic mass is 10.1. The number of carbonyl (C=O) groups is 2. The number of aryl methyl sites for hydroxylation is 1. The lowest BCUT2D eigenvalue weighted by Gasteiger charge is -2.15. The zero-order chi connectivity index (χ0) is 18.9. The van der Waals surface area contributed by atoms with Gasteiger partial charge in [0.05, 0.1) is 7.05 Å². The molecule has 1 unspecified atom stereocenters. The first-order chi connectivity index (χ1) is 12.5. The first kappa shape index (κ1) is 19.9. The number of anilines is 1. The van der Waals surface area contributed by atoms with Crippen LogP contribution in [-0.2, 0) is 22.6 Å². The second-order valence-electron chi connectivity index (χ2n) is 6.27.